The van der Waals surface area contributed by atoms with Crippen LogP contribution in [0.25, 0.3) is 0 Å². The van der Waals surface area contributed by atoms with Gasteiger partial charge in [-0.05, 0) is 20.5 Å². The fraction of sp³-hybridized carbons (Fsp3) is 1.00. The van der Waals surface area contributed by atoms with Crippen molar-refractivity contribution in [1.82, 2.24) is 4.90 Å². The van der Waals surface area contributed by atoms with Gasteiger partial charge in [-0.15, -0.1) is 0 Å². The molecule has 1 rings (SSSR count). The highest BCUT2D eigenvalue weighted by Crippen LogP contribution is 2.21. The lowest BCUT2D eigenvalue weighted by molar-refractivity contribution is 0.0142. The highest BCUT2D eigenvalue weighted by atomic mass is 16.5. The third kappa shape index (κ3) is 2.77. The molecule has 3 heteroatoms. The molecule has 1 fully saturated rings. The molecule has 0 bridgehead atoms. The molecule has 3 nitrogen and oxygen atoms in total. The molecule has 0 radical (unpaired) electrons. The topological polar surface area (TPSA) is 32.7 Å². The van der Waals surface area contributed by atoms with Crippen molar-refractivity contribution in [2.45, 2.75) is 18.4 Å². The van der Waals surface area contributed by atoms with E-state index in [1.165, 1.54) is 0 Å². The third-order valence-corrected chi connectivity index (χ3v) is 2.11. The molecule has 0 aromatic carbocycles. The van der Waals surface area contributed by atoms with E-state index >= 15 is 0 Å². The van der Waals surface area contributed by atoms with Crippen LogP contribution in [0.2, 0.25) is 0 Å². The van der Waals surface area contributed by atoms with Crippen LogP contribution in [-0.2, 0) is 4.74 Å². The number of aliphatic hydroxyl groups is 1. The maximum atomic E-state index is 9.79. The normalized spacial score (nSPS) is 31.6. The third-order valence-electron chi connectivity index (χ3n) is 2.11. The molecule has 0 spiro atoms. The van der Waals surface area contributed by atoms with Gasteiger partial charge in [0.05, 0.1) is 12.2 Å². The minimum atomic E-state index is -0.537. The summed E-state index contributed by atoms with van der Waals surface area (Å²) in [7, 11) is 4.03. The smallest absolute Gasteiger partial charge is 0.0914 e. The number of ether oxygens (including phenoxy) is 1. The van der Waals surface area contributed by atoms with E-state index in [1.54, 1.807) is 0 Å². The lowest BCUT2D eigenvalue weighted by atomic mass is 9.99. The summed E-state index contributed by atoms with van der Waals surface area (Å²) < 4.78 is 5.12. The number of hydrogen-bond donors (Lipinski definition) is 1. The molecule has 66 valence electrons. The molecule has 1 aliphatic rings. The molecule has 1 atom stereocenters. The molecule has 1 heterocycles. The van der Waals surface area contributed by atoms with Gasteiger partial charge < -0.3 is 14.7 Å². The molecular formula is C8H17NO2. The van der Waals surface area contributed by atoms with E-state index in [1.807, 2.05) is 14.1 Å². The summed E-state index contributed by atoms with van der Waals surface area (Å²) in [6.45, 7) is 2.16. The lowest BCUT2D eigenvalue weighted by Gasteiger charge is -2.22. The fourth-order valence-electron chi connectivity index (χ4n) is 1.23. The first kappa shape index (κ1) is 8.97. The standard InChI is InChI=1S/C8H17NO2/c1-9(2)5-3-8(10)4-6-11-7-8/h10H,3-7H2,1-2H3. The van der Waals surface area contributed by atoms with Gasteiger partial charge in [-0.3, -0.25) is 0 Å². The Labute approximate surface area is 68.0 Å². The van der Waals surface area contributed by atoms with Gasteiger partial charge in [-0.25, -0.2) is 0 Å². The second kappa shape index (κ2) is 3.52. The van der Waals surface area contributed by atoms with Crippen LogP contribution in [0.15, 0.2) is 0 Å². The largest absolute Gasteiger partial charge is 0.387 e. The predicted molar refractivity (Wildman–Crippen MR) is 43.6 cm³/mol. The number of hydrogen-bond acceptors (Lipinski definition) is 3. The van der Waals surface area contributed by atoms with Crippen LogP contribution in [0, 0.1) is 0 Å². The molecule has 1 N–H and O–H groups in total. The molecule has 11 heavy (non-hydrogen) atoms. The van der Waals surface area contributed by atoms with E-state index in [0.717, 1.165) is 19.4 Å². The van der Waals surface area contributed by atoms with Gasteiger partial charge in [-0.2, -0.15) is 0 Å². The van der Waals surface area contributed by atoms with Gasteiger partial charge in [0.2, 0.25) is 0 Å². The average molecular weight is 159 g/mol. The van der Waals surface area contributed by atoms with Gasteiger partial charge in [0, 0.05) is 19.6 Å². The Morgan fingerprint density at radius 1 is 1.55 bits per heavy atom. The van der Waals surface area contributed by atoms with Crippen LogP contribution in [0.1, 0.15) is 12.8 Å². The summed E-state index contributed by atoms with van der Waals surface area (Å²) in [4.78, 5) is 2.08. The molecular weight excluding hydrogens is 142 g/mol. The molecule has 0 aliphatic carbocycles. The van der Waals surface area contributed by atoms with E-state index < -0.39 is 5.60 Å². The summed E-state index contributed by atoms with van der Waals surface area (Å²) in [6.07, 6.45) is 1.61. The van der Waals surface area contributed by atoms with Gasteiger partial charge in [0.25, 0.3) is 0 Å². The van der Waals surface area contributed by atoms with E-state index in [4.69, 9.17) is 4.74 Å². The van der Waals surface area contributed by atoms with Gasteiger partial charge in [0.15, 0.2) is 0 Å². The molecule has 1 aliphatic heterocycles. The first-order chi connectivity index (χ1) is 5.12. The fourth-order valence-corrected chi connectivity index (χ4v) is 1.23. The maximum absolute atomic E-state index is 9.79. The highest BCUT2D eigenvalue weighted by Gasteiger charge is 2.31. The quantitative estimate of drug-likeness (QED) is 0.633. The molecule has 0 aromatic rings. The molecule has 1 unspecified atom stereocenters. The van der Waals surface area contributed by atoms with Crippen molar-refractivity contribution < 1.29 is 9.84 Å². The second-order valence-electron chi connectivity index (χ2n) is 3.58. The number of rotatable bonds is 3. The summed E-state index contributed by atoms with van der Waals surface area (Å²) in [5.74, 6) is 0. The van der Waals surface area contributed by atoms with Gasteiger partial charge in [0.1, 0.15) is 0 Å². The second-order valence-corrected chi connectivity index (χ2v) is 3.58. The van der Waals surface area contributed by atoms with Crippen molar-refractivity contribution in [2.75, 3.05) is 33.9 Å². The zero-order chi connectivity index (χ0) is 8.32. The van der Waals surface area contributed by atoms with E-state index in [0.29, 0.717) is 13.2 Å². The van der Waals surface area contributed by atoms with Crippen LogP contribution < -0.4 is 0 Å². The van der Waals surface area contributed by atoms with Crippen LogP contribution in [-0.4, -0.2) is 49.5 Å². The SMILES string of the molecule is CN(C)CCC1(O)CCOC1. The summed E-state index contributed by atoms with van der Waals surface area (Å²) >= 11 is 0. The van der Waals surface area contributed by atoms with Crippen molar-refractivity contribution in [3.8, 4) is 0 Å². The van der Waals surface area contributed by atoms with E-state index in [9.17, 15) is 5.11 Å². The van der Waals surface area contributed by atoms with E-state index in [2.05, 4.69) is 4.90 Å². The number of nitrogens with zero attached hydrogens (tertiary/aromatic N) is 1. The Hall–Kier alpha value is -0.120. The monoisotopic (exact) mass is 159 g/mol. The first-order valence-electron chi connectivity index (χ1n) is 4.07. The molecule has 0 amide bonds. The van der Waals surface area contributed by atoms with Crippen molar-refractivity contribution in [1.29, 1.82) is 0 Å². The van der Waals surface area contributed by atoms with Crippen molar-refractivity contribution in [3.05, 3.63) is 0 Å². The predicted octanol–water partition coefficient (Wildman–Crippen LogP) is 0.0895. The Morgan fingerprint density at radius 3 is 2.73 bits per heavy atom. The van der Waals surface area contributed by atoms with Crippen LogP contribution >= 0.6 is 0 Å². The van der Waals surface area contributed by atoms with Crippen LogP contribution in [0.3, 0.4) is 0 Å². The molecule has 0 saturated carbocycles. The van der Waals surface area contributed by atoms with Crippen molar-refractivity contribution >= 4 is 0 Å². The Morgan fingerprint density at radius 2 is 2.27 bits per heavy atom. The van der Waals surface area contributed by atoms with Crippen molar-refractivity contribution in [2.24, 2.45) is 0 Å². The zero-order valence-electron chi connectivity index (χ0n) is 7.34. The highest BCUT2D eigenvalue weighted by molar-refractivity contribution is 4.82. The molecule has 0 aromatic heterocycles. The van der Waals surface area contributed by atoms with Gasteiger partial charge in [-0.1, -0.05) is 0 Å². The summed E-state index contributed by atoms with van der Waals surface area (Å²) in [5, 5.41) is 9.79. The lowest BCUT2D eigenvalue weighted by Crippen LogP contribution is -2.33. The van der Waals surface area contributed by atoms with E-state index in [-0.39, 0.29) is 0 Å². The summed E-state index contributed by atoms with van der Waals surface area (Å²) in [5.41, 5.74) is -0.537. The first-order valence-corrected chi connectivity index (χ1v) is 4.07. The van der Waals surface area contributed by atoms with Crippen LogP contribution in [0.4, 0.5) is 0 Å². The van der Waals surface area contributed by atoms with Crippen molar-refractivity contribution in [3.63, 3.8) is 0 Å². The zero-order valence-corrected chi connectivity index (χ0v) is 7.34. The minimum Gasteiger partial charge on any atom is -0.387 e. The summed E-state index contributed by atoms with van der Waals surface area (Å²) in [6, 6.07) is 0. The molecule has 1 saturated heterocycles. The Kier molecular flexibility index (Phi) is 2.87. The average Bonchev–Trinajstić information content (AvgIpc) is 2.33. The minimum absolute atomic E-state index is 0.515. The van der Waals surface area contributed by atoms with Crippen LogP contribution in [0.5, 0.6) is 0 Å². The Balaban J connectivity index is 2.23. The van der Waals surface area contributed by atoms with Gasteiger partial charge >= 0.3 is 0 Å². The Bertz CT molecular complexity index is 119. The maximum Gasteiger partial charge on any atom is 0.0914 e.